The van der Waals surface area contributed by atoms with Gasteiger partial charge in [-0.25, -0.2) is 14.4 Å². The van der Waals surface area contributed by atoms with E-state index in [0.717, 1.165) is 0 Å². The zero-order chi connectivity index (χ0) is 51.9. The van der Waals surface area contributed by atoms with Crippen molar-refractivity contribution in [2.24, 2.45) is 16.7 Å². The minimum absolute atomic E-state index is 0.119. The molecule has 2 unspecified atom stereocenters. The first-order chi connectivity index (χ1) is 32.6. The second-order valence-electron chi connectivity index (χ2n) is 22.2. The fourth-order valence-electron chi connectivity index (χ4n) is 11.5. The van der Waals surface area contributed by atoms with E-state index in [4.69, 9.17) is 42.6 Å². The highest BCUT2D eigenvalue weighted by Crippen LogP contribution is 2.66. The van der Waals surface area contributed by atoms with Gasteiger partial charge >= 0.3 is 24.0 Å². The maximum atomic E-state index is 16.5. The average molecular weight is 976 g/mol. The quantitative estimate of drug-likeness (QED) is 0.0956. The zero-order valence-corrected chi connectivity index (χ0v) is 44.0. The summed E-state index contributed by atoms with van der Waals surface area (Å²) in [6.07, 6.45) is -9.67. The molecule has 15 nitrogen and oxygen atoms in total. The Hall–Kier alpha value is -4.67. The number of hydrogen-bond acceptors (Lipinski definition) is 14. The first-order valence-corrected chi connectivity index (χ1v) is 24.8. The minimum atomic E-state index is -1.69. The fourth-order valence-corrected chi connectivity index (χ4v) is 11.5. The fraction of sp³-hybridized carbons (Fsp3) is 0.655. The summed E-state index contributed by atoms with van der Waals surface area (Å²) in [6, 6.07) is 16.3. The van der Waals surface area contributed by atoms with Gasteiger partial charge in [0.05, 0.1) is 60.1 Å². The summed E-state index contributed by atoms with van der Waals surface area (Å²) in [5.74, 6) is -3.75. The van der Waals surface area contributed by atoms with Gasteiger partial charge in [-0.2, -0.15) is 0 Å². The number of benzene rings is 2. The number of rotatable bonds is 16. The van der Waals surface area contributed by atoms with Crippen molar-refractivity contribution in [2.45, 2.75) is 208 Å². The van der Waals surface area contributed by atoms with Crippen molar-refractivity contribution >= 4 is 29.8 Å². The molecule has 6 rings (SSSR count). The van der Waals surface area contributed by atoms with E-state index in [1.54, 1.807) is 96.1 Å². The van der Waals surface area contributed by atoms with E-state index in [1.165, 1.54) is 6.92 Å². The van der Waals surface area contributed by atoms with Crippen molar-refractivity contribution in [1.82, 2.24) is 5.32 Å². The van der Waals surface area contributed by atoms with Gasteiger partial charge in [0, 0.05) is 25.2 Å². The predicted molar refractivity (Wildman–Crippen MR) is 260 cm³/mol. The topological polar surface area (TPSA) is 180 Å². The van der Waals surface area contributed by atoms with Crippen molar-refractivity contribution in [1.29, 1.82) is 0 Å². The molecule has 1 amide bonds. The molecular weight excluding hydrogens is 899 g/mol. The monoisotopic (exact) mass is 976 g/mol. The van der Waals surface area contributed by atoms with Crippen LogP contribution in [0.15, 0.2) is 71.8 Å². The number of alkyl carbamates (subject to hydrolysis) is 1. The van der Waals surface area contributed by atoms with Crippen LogP contribution in [-0.2, 0) is 57.0 Å². The van der Waals surface area contributed by atoms with Crippen molar-refractivity contribution in [2.75, 3.05) is 6.61 Å². The molecule has 1 saturated heterocycles. The Morgan fingerprint density at radius 3 is 1.91 bits per heavy atom. The van der Waals surface area contributed by atoms with Gasteiger partial charge in [-0.05, 0) is 119 Å². The van der Waals surface area contributed by atoms with Crippen molar-refractivity contribution in [3.05, 3.63) is 82.9 Å². The molecule has 1 heterocycles. The molecular formula is C55H77NO14. The van der Waals surface area contributed by atoms with Gasteiger partial charge in [0.25, 0.3) is 0 Å². The Bertz CT molecular complexity index is 2250. The summed E-state index contributed by atoms with van der Waals surface area (Å²) in [6.45, 7) is 28.6. The Morgan fingerprint density at radius 1 is 0.800 bits per heavy atom. The van der Waals surface area contributed by atoms with Crippen LogP contribution in [0, 0.1) is 16.7 Å². The van der Waals surface area contributed by atoms with E-state index in [0.29, 0.717) is 16.7 Å². The molecule has 15 heteroatoms. The third-order valence-electron chi connectivity index (χ3n) is 14.2. The van der Waals surface area contributed by atoms with Crippen LogP contribution in [0.3, 0.4) is 0 Å². The van der Waals surface area contributed by atoms with Gasteiger partial charge in [-0.1, -0.05) is 62.4 Å². The molecule has 1 aliphatic heterocycles. The van der Waals surface area contributed by atoms with E-state index in [-0.39, 0.29) is 31.1 Å². The Morgan fingerprint density at radius 2 is 1.40 bits per heavy atom. The van der Waals surface area contributed by atoms with Gasteiger partial charge in [-0.15, -0.1) is 0 Å². The summed E-state index contributed by atoms with van der Waals surface area (Å²) in [7, 11) is 0. The van der Waals surface area contributed by atoms with Crippen LogP contribution in [0.4, 0.5) is 4.79 Å². The molecule has 70 heavy (non-hydrogen) atoms. The van der Waals surface area contributed by atoms with E-state index in [1.807, 2.05) is 68.4 Å². The predicted octanol–water partition coefficient (Wildman–Crippen LogP) is 8.99. The number of nitrogens with one attached hydrogen (secondary N) is 1. The Balaban J connectivity index is 1.66. The first kappa shape index (κ1) is 54.7. The lowest BCUT2D eigenvalue weighted by Crippen LogP contribution is -2.82. The van der Waals surface area contributed by atoms with Gasteiger partial charge in [0.15, 0.2) is 17.5 Å². The number of fused-ring (bicyclic) bond motifs is 5. The number of ketones is 1. The summed E-state index contributed by atoms with van der Waals surface area (Å²) >= 11 is 0. The molecule has 2 aromatic carbocycles. The highest BCUT2D eigenvalue weighted by molar-refractivity contribution is 5.94. The number of amides is 1. The third-order valence-corrected chi connectivity index (χ3v) is 14.2. The molecule has 1 N–H and O–H groups in total. The van der Waals surface area contributed by atoms with Crippen molar-refractivity contribution < 1.29 is 66.6 Å². The number of carbonyl (C=O) groups is 5. The van der Waals surface area contributed by atoms with Crippen LogP contribution in [0.2, 0.25) is 0 Å². The molecule has 0 spiro atoms. The molecule has 0 radical (unpaired) electrons. The van der Waals surface area contributed by atoms with Crippen LogP contribution >= 0.6 is 0 Å². The first-order valence-electron chi connectivity index (χ1n) is 24.8. The summed E-state index contributed by atoms with van der Waals surface area (Å²) < 4.78 is 59.7. The summed E-state index contributed by atoms with van der Waals surface area (Å²) in [4.78, 5) is 73.8. The highest BCUT2D eigenvalue weighted by Gasteiger charge is 2.79. The van der Waals surface area contributed by atoms with Gasteiger partial charge < -0.3 is 47.9 Å². The van der Waals surface area contributed by atoms with Crippen LogP contribution in [0.1, 0.15) is 146 Å². The normalized spacial score (nSPS) is 30.3. The third kappa shape index (κ3) is 10.6. The average Bonchev–Trinajstić information content (AvgIpc) is 3.24. The van der Waals surface area contributed by atoms with Crippen LogP contribution in [0.5, 0.6) is 0 Å². The second kappa shape index (κ2) is 20.8. The highest BCUT2D eigenvalue weighted by atomic mass is 16.6. The maximum absolute atomic E-state index is 16.5. The maximum Gasteiger partial charge on any atom is 0.408 e. The Kier molecular flexibility index (Phi) is 16.3. The molecule has 4 aliphatic rings. The standard InChI is InChI=1S/C55H77NO14/c1-30(2)63-39-27-40-54(29-62-40,69-35(10)57)45-47(67-48(59)37-25-21-18-22-26-37)55(68-33(7)8)28-38(34(9)41(52(55,14)15)43(64-31(3)4)46(58)53(39,45)16)66-49(60)44(65-32(5)6)42(36-23-19-17-20-24-36)56-50(61)70-51(11,12)13/h17-26,30-33,38-40,42-45,47H,27-29H2,1-16H3,(H,56,61)/t38-,39-,40?,42-,43+,44+,45?,47-,53+,54-,55+/m0/s1. The molecule has 0 aromatic heterocycles. The molecule has 386 valence electrons. The zero-order valence-electron chi connectivity index (χ0n) is 44.0. The Labute approximate surface area is 414 Å². The van der Waals surface area contributed by atoms with Crippen LogP contribution in [-0.4, -0.2) is 114 Å². The lowest BCUT2D eigenvalue weighted by Gasteiger charge is -2.69. The largest absolute Gasteiger partial charge is 0.456 e. The lowest BCUT2D eigenvalue weighted by atomic mass is 9.44. The van der Waals surface area contributed by atoms with Crippen molar-refractivity contribution in [3.8, 4) is 0 Å². The molecule has 2 bridgehead atoms. The van der Waals surface area contributed by atoms with E-state index in [9.17, 15) is 14.4 Å². The minimum Gasteiger partial charge on any atom is -0.456 e. The molecule has 3 fully saturated rings. The molecule has 2 aromatic rings. The van der Waals surface area contributed by atoms with E-state index in [2.05, 4.69) is 5.32 Å². The number of esters is 3. The number of Topliss-reactive ketones (excluding diaryl/α,β-unsaturated/α-hetero) is 1. The summed E-state index contributed by atoms with van der Waals surface area (Å²) in [5, 5.41) is 2.89. The lowest BCUT2D eigenvalue weighted by molar-refractivity contribution is -0.355. The molecule has 3 aliphatic carbocycles. The smallest absolute Gasteiger partial charge is 0.408 e. The summed E-state index contributed by atoms with van der Waals surface area (Å²) in [5.41, 5.74) is -5.18. The van der Waals surface area contributed by atoms with Gasteiger partial charge in [-0.3, -0.25) is 9.59 Å². The van der Waals surface area contributed by atoms with E-state index >= 15 is 9.59 Å². The number of carbonyl (C=O) groups excluding carboxylic acids is 5. The SMILES string of the molecule is CC(=O)O[C@@]12COC1C[C@H](OC(C)C)[C@@]1(C)C(=O)[C@H](OC(C)C)C3=C(C)[C@@H](OC(=O)[C@H](OC(C)C)[C@@H](NC(=O)OC(C)(C)C)c4ccccc4)C[C@@](OC(C)C)([C@@H](OC(=O)c4ccccc4)C21)C3(C)C. The molecule has 2 saturated carbocycles. The van der Waals surface area contributed by atoms with Crippen LogP contribution < -0.4 is 5.32 Å². The van der Waals surface area contributed by atoms with Crippen molar-refractivity contribution in [3.63, 3.8) is 0 Å². The van der Waals surface area contributed by atoms with E-state index < -0.39 is 124 Å². The van der Waals surface area contributed by atoms with Gasteiger partial charge in [0.2, 0.25) is 0 Å². The molecule has 11 atom stereocenters. The van der Waals surface area contributed by atoms with Gasteiger partial charge in [0.1, 0.15) is 35.6 Å². The second-order valence-corrected chi connectivity index (χ2v) is 22.2. The number of hydrogen-bond donors (Lipinski definition) is 1. The number of ether oxygens (including phenoxy) is 9. The van der Waals surface area contributed by atoms with Crippen LogP contribution in [0.25, 0.3) is 0 Å².